The molecule has 6 heteroatoms. The van der Waals surface area contributed by atoms with E-state index in [-0.39, 0.29) is 0 Å². The highest BCUT2D eigenvalue weighted by Gasteiger charge is 2.32. The minimum atomic E-state index is -3.17. The largest absolute Gasteiger partial charge is 0.380 e. The Labute approximate surface area is 203 Å². The van der Waals surface area contributed by atoms with Crippen molar-refractivity contribution >= 4 is 9.84 Å². The molecule has 3 aromatic rings. The Morgan fingerprint density at radius 3 is 1.85 bits per heavy atom. The van der Waals surface area contributed by atoms with Crippen molar-refractivity contribution in [1.82, 2.24) is 9.80 Å². The molecule has 0 aromatic heterocycles. The van der Waals surface area contributed by atoms with Crippen LogP contribution in [0.4, 0.5) is 0 Å². The summed E-state index contributed by atoms with van der Waals surface area (Å²) in [4.78, 5) is 5.24. The molecule has 0 unspecified atom stereocenters. The van der Waals surface area contributed by atoms with Gasteiger partial charge in [0.2, 0.25) is 0 Å². The average Bonchev–Trinajstić information content (AvgIpc) is 3.08. The first-order valence-electron chi connectivity index (χ1n) is 11.9. The maximum absolute atomic E-state index is 11.8. The van der Waals surface area contributed by atoms with Crippen LogP contribution >= 0.6 is 0 Å². The normalized spacial score (nSPS) is 16.3. The first kappa shape index (κ1) is 24.6. The van der Waals surface area contributed by atoms with E-state index in [0.717, 1.165) is 62.4 Å². The zero-order chi connectivity index (χ0) is 24.0. The summed E-state index contributed by atoms with van der Waals surface area (Å²) < 4.78 is 23.4. The molecule has 1 saturated heterocycles. The number of benzene rings is 3. The lowest BCUT2D eigenvalue weighted by Gasteiger charge is -2.32. The van der Waals surface area contributed by atoms with E-state index in [9.17, 15) is 13.5 Å². The van der Waals surface area contributed by atoms with Crippen LogP contribution in [0.25, 0.3) is 0 Å². The van der Waals surface area contributed by atoms with Gasteiger partial charge in [-0.1, -0.05) is 72.8 Å². The van der Waals surface area contributed by atoms with Crippen molar-refractivity contribution < 1.29 is 13.5 Å². The van der Waals surface area contributed by atoms with Crippen molar-refractivity contribution in [3.8, 4) is 0 Å². The fraction of sp³-hybridized carbons (Fsp3) is 0.357. The summed E-state index contributed by atoms with van der Waals surface area (Å²) in [6.07, 6.45) is 2.94. The lowest BCUT2D eigenvalue weighted by molar-refractivity contribution is 0.0577. The first-order valence-corrected chi connectivity index (χ1v) is 13.8. The molecule has 0 bridgehead atoms. The van der Waals surface area contributed by atoms with Gasteiger partial charge in [-0.3, -0.25) is 4.90 Å². The highest BCUT2D eigenvalue weighted by atomic mass is 32.2. The average molecular weight is 479 g/mol. The quantitative estimate of drug-likeness (QED) is 0.532. The molecule has 1 aliphatic rings. The van der Waals surface area contributed by atoms with E-state index < -0.39 is 15.4 Å². The second-order valence-corrected chi connectivity index (χ2v) is 11.2. The number of aliphatic hydroxyl groups is 1. The fourth-order valence-corrected chi connectivity index (χ4v) is 5.34. The smallest absolute Gasteiger partial charge is 0.175 e. The van der Waals surface area contributed by atoms with E-state index in [1.54, 1.807) is 12.1 Å². The summed E-state index contributed by atoms with van der Waals surface area (Å²) in [5.74, 6) is 0. The summed E-state index contributed by atoms with van der Waals surface area (Å²) in [6, 6.07) is 27.1. The van der Waals surface area contributed by atoms with E-state index in [2.05, 4.69) is 9.80 Å². The summed E-state index contributed by atoms with van der Waals surface area (Å²) in [7, 11) is -3.17. The zero-order valence-corrected chi connectivity index (χ0v) is 20.6. The fourth-order valence-electron chi connectivity index (χ4n) is 4.71. The lowest BCUT2D eigenvalue weighted by Crippen LogP contribution is -2.36. The topological polar surface area (TPSA) is 60.9 Å². The Morgan fingerprint density at radius 1 is 0.765 bits per heavy atom. The van der Waals surface area contributed by atoms with Gasteiger partial charge >= 0.3 is 0 Å². The third kappa shape index (κ3) is 6.13. The van der Waals surface area contributed by atoms with Crippen LogP contribution in [0.1, 0.15) is 29.5 Å². The molecule has 0 spiro atoms. The van der Waals surface area contributed by atoms with Crippen molar-refractivity contribution in [2.24, 2.45) is 0 Å². The van der Waals surface area contributed by atoms with Crippen molar-refractivity contribution in [3.63, 3.8) is 0 Å². The molecule has 0 amide bonds. The van der Waals surface area contributed by atoms with Gasteiger partial charge in [-0.2, -0.15) is 0 Å². The first-order chi connectivity index (χ1) is 16.3. The van der Waals surface area contributed by atoms with E-state index in [1.807, 2.05) is 72.8 Å². The highest BCUT2D eigenvalue weighted by Crippen LogP contribution is 2.33. The molecule has 4 rings (SSSR count). The molecule has 0 aliphatic carbocycles. The lowest BCUT2D eigenvalue weighted by atomic mass is 9.83. The van der Waals surface area contributed by atoms with E-state index in [1.165, 1.54) is 6.26 Å². The van der Waals surface area contributed by atoms with Crippen LogP contribution in [-0.2, 0) is 22.0 Å². The zero-order valence-electron chi connectivity index (χ0n) is 19.8. The van der Waals surface area contributed by atoms with Crippen LogP contribution in [0.3, 0.4) is 0 Å². The van der Waals surface area contributed by atoms with E-state index >= 15 is 0 Å². The number of rotatable bonds is 8. The summed E-state index contributed by atoms with van der Waals surface area (Å²) in [5, 5.41) is 11.8. The summed E-state index contributed by atoms with van der Waals surface area (Å²) in [6.45, 7) is 5.53. The van der Waals surface area contributed by atoms with Crippen LogP contribution in [0.15, 0.2) is 89.8 Å². The molecule has 180 valence electrons. The third-order valence-electron chi connectivity index (χ3n) is 6.73. The maximum atomic E-state index is 11.8. The molecule has 1 aliphatic heterocycles. The molecule has 0 saturated carbocycles. The van der Waals surface area contributed by atoms with Crippen LogP contribution in [-0.4, -0.2) is 62.3 Å². The van der Waals surface area contributed by atoms with E-state index in [0.29, 0.717) is 11.3 Å². The molecular formula is C28H34N2O3S. The molecular weight excluding hydrogens is 444 g/mol. The Kier molecular flexibility index (Phi) is 7.84. The van der Waals surface area contributed by atoms with Gasteiger partial charge in [0, 0.05) is 32.4 Å². The van der Waals surface area contributed by atoms with Gasteiger partial charge in [-0.25, -0.2) is 8.42 Å². The summed E-state index contributed by atoms with van der Waals surface area (Å²) >= 11 is 0. The standard InChI is InChI=1S/C28H34N2O3S/c1-34(32,33)27-15-13-24(14-16-27)23-30-19-8-18-29(21-22-30)20-17-28(31,25-9-4-2-5-10-25)26-11-6-3-7-12-26/h2-7,9-16,31H,8,17-23H2,1H3. The molecule has 3 aromatic carbocycles. The Morgan fingerprint density at radius 2 is 1.29 bits per heavy atom. The van der Waals surface area contributed by atoms with Gasteiger partial charge < -0.3 is 10.0 Å². The second-order valence-electron chi connectivity index (χ2n) is 9.23. The Bertz CT molecular complexity index is 1110. The van der Waals surface area contributed by atoms with Crippen LogP contribution in [0, 0.1) is 0 Å². The van der Waals surface area contributed by atoms with Crippen LogP contribution in [0.2, 0.25) is 0 Å². The molecule has 34 heavy (non-hydrogen) atoms. The number of hydrogen-bond donors (Lipinski definition) is 1. The van der Waals surface area contributed by atoms with Crippen molar-refractivity contribution in [1.29, 1.82) is 0 Å². The molecule has 5 nitrogen and oxygen atoms in total. The predicted octanol–water partition coefficient (Wildman–Crippen LogP) is 3.92. The minimum absolute atomic E-state index is 0.364. The van der Waals surface area contributed by atoms with Crippen LogP contribution in [0.5, 0.6) is 0 Å². The molecule has 0 atom stereocenters. The predicted molar refractivity (Wildman–Crippen MR) is 136 cm³/mol. The number of sulfone groups is 1. The Balaban J connectivity index is 1.37. The van der Waals surface area contributed by atoms with Crippen LogP contribution < -0.4 is 0 Å². The van der Waals surface area contributed by atoms with Gasteiger partial charge in [0.15, 0.2) is 9.84 Å². The van der Waals surface area contributed by atoms with Crippen molar-refractivity contribution in [3.05, 3.63) is 102 Å². The third-order valence-corrected chi connectivity index (χ3v) is 7.86. The van der Waals surface area contributed by atoms with Gasteiger partial charge in [0.25, 0.3) is 0 Å². The second kappa shape index (κ2) is 10.8. The van der Waals surface area contributed by atoms with Gasteiger partial charge in [-0.05, 0) is 54.8 Å². The van der Waals surface area contributed by atoms with Crippen molar-refractivity contribution in [2.45, 2.75) is 29.9 Å². The van der Waals surface area contributed by atoms with Gasteiger partial charge in [-0.15, -0.1) is 0 Å². The molecule has 1 fully saturated rings. The molecule has 1 heterocycles. The molecule has 1 N–H and O–H groups in total. The minimum Gasteiger partial charge on any atom is -0.380 e. The van der Waals surface area contributed by atoms with Gasteiger partial charge in [0.1, 0.15) is 5.60 Å². The van der Waals surface area contributed by atoms with Gasteiger partial charge in [0.05, 0.1) is 4.90 Å². The molecule has 0 radical (unpaired) electrons. The van der Waals surface area contributed by atoms with Crippen molar-refractivity contribution in [2.75, 3.05) is 39.0 Å². The van der Waals surface area contributed by atoms with E-state index in [4.69, 9.17) is 0 Å². The monoisotopic (exact) mass is 478 g/mol. The highest BCUT2D eigenvalue weighted by molar-refractivity contribution is 7.90. The summed E-state index contributed by atoms with van der Waals surface area (Å²) in [5.41, 5.74) is 1.96. The number of hydrogen-bond acceptors (Lipinski definition) is 5. The number of nitrogens with zero attached hydrogens (tertiary/aromatic N) is 2. The SMILES string of the molecule is CS(=O)(=O)c1ccc(CN2CCCN(CCC(O)(c3ccccc3)c3ccccc3)CC2)cc1. The Hall–Kier alpha value is -2.51. The maximum Gasteiger partial charge on any atom is 0.175 e.